The zero-order valence-corrected chi connectivity index (χ0v) is 20.2. The van der Waals surface area contributed by atoms with E-state index in [2.05, 4.69) is 27.6 Å². The monoisotopic (exact) mass is 486 g/mol. The van der Waals surface area contributed by atoms with Crippen molar-refractivity contribution in [2.75, 3.05) is 33.2 Å². The van der Waals surface area contributed by atoms with Crippen molar-refractivity contribution < 1.29 is 14.3 Å². The Morgan fingerprint density at radius 3 is 2.47 bits per heavy atom. The predicted octanol–water partition coefficient (Wildman–Crippen LogP) is 2.27. The Kier molecular flexibility index (Phi) is 6.85. The molecule has 4 heterocycles. The Morgan fingerprint density at radius 1 is 1.06 bits per heavy atom. The summed E-state index contributed by atoms with van der Waals surface area (Å²) in [6, 6.07) is 7.82. The van der Waals surface area contributed by atoms with Crippen LogP contribution in [0.15, 0.2) is 24.3 Å². The third-order valence-corrected chi connectivity index (χ3v) is 7.51. The van der Waals surface area contributed by atoms with Gasteiger partial charge in [-0.1, -0.05) is 28.9 Å². The van der Waals surface area contributed by atoms with Crippen LogP contribution in [0.25, 0.3) is 0 Å². The number of likely N-dealkylation sites (tertiary alicyclic amines) is 2. The molecule has 3 aliphatic rings. The van der Waals surface area contributed by atoms with E-state index in [0.29, 0.717) is 48.9 Å². The van der Waals surface area contributed by atoms with Crippen LogP contribution in [0, 0.1) is 5.92 Å². The number of hydrogen-bond acceptors (Lipinski definition) is 6. The number of halogens is 1. The van der Waals surface area contributed by atoms with Gasteiger partial charge >= 0.3 is 0 Å². The van der Waals surface area contributed by atoms with Gasteiger partial charge in [0.1, 0.15) is 6.10 Å². The molecule has 0 spiro atoms. The van der Waals surface area contributed by atoms with Gasteiger partial charge in [0.15, 0.2) is 5.69 Å². The van der Waals surface area contributed by atoms with E-state index in [1.165, 1.54) is 0 Å². The molecule has 10 heteroatoms. The highest BCUT2D eigenvalue weighted by molar-refractivity contribution is 6.30. The lowest BCUT2D eigenvalue weighted by molar-refractivity contribution is -0.127. The summed E-state index contributed by atoms with van der Waals surface area (Å²) in [6.45, 7) is 3.90. The van der Waals surface area contributed by atoms with Crippen LogP contribution in [-0.2, 0) is 22.7 Å². The number of amides is 2. The van der Waals surface area contributed by atoms with Crippen LogP contribution in [0.4, 0.5) is 0 Å². The summed E-state index contributed by atoms with van der Waals surface area (Å²) in [7, 11) is 2.11. The molecule has 5 rings (SSSR count). The predicted molar refractivity (Wildman–Crippen MR) is 126 cm³/mol. The fourth-order valence-electron chi connectivity index (χ4n) is 5.02. The normalized spacial score (nSPS) is 22.4. The van der Waals surface area contributed by atoms with Gasteiger partial charge in [0.25, 0.3) is 5.91 Å². The summed E-state index contributed by atoms with van der Waals surface area (Å²) in [4.78, 5) is 30.0. The van der Waals surface area contributed by atoms with E-state index in [1.807, 2.05) is 24.3 Å². The Bertz CT molecular complexity index is 1030. The number of fused-ring (bicyclic) bond motifs is 1. The number of nitrogens with zero attached hydrogens (tertiary/aromatic N) is 5. The zero-order valence-electron chi connectivity index (χ0n) is 19.5. The maximum Gasteiger partial charge on any atom is 0.276 e. The SMILES string of the molecule is CN1CCC(NC(=O)C2CCN(C(=O)c3nnn4c3CO[C@H](c3ccc(Cl)cc3)C4)CC2)CC1. The molecule has 0 aliphatic carbocycles. The molecule has 2 amide bonds. The quantitative estimate of drug-likeness (QED) is 0.712. The molecule has 1 atom stereocenters. The van der Waals surface area contributed by atoms with Crippen LogP contribution in [-0.4, -0.2) is 75.9 Å². The lowest BCUT2D eigenvalue weighted by Gasteiger charge is -2.34. The summed E-state index contributed by atoms with van der Waals surface area (Å²) in [5, 5.41) is 12.3. The average Bonchev–Trinajstić information content (AvgIpc) is 3.29. The molecule has 1 aromatic heterocycles. The molecule has 2 fully saturated rings. The Hall–Kier alpha value is -2.49. The van der Waals surface area contributed by atoms with Crippen molar-refractivity contribution in [3.05, 3.63) is 46.2 Å². The van der Waals surface area contributed by atoms with E-state index in [1.54, 1.807) is 9.58 Å². The number of rotatable bonds is 4. The summed E-state index contributed by atoms with van der Waals surface area (Å²) in [6.07, 6.45) is 3.18. The van der Waals surface area contributed by atoms with Crippen molar-refractivity contribution in [2.45, 2.75) is 51.0 Å². The number of aromatic nitrogens is 3. The lowest BCUT2D eigenvalue weighted by atomic mass is 9.94. The van der Waals surface area contributed by atoms with Crippen molar-refractivity contribution >= 4 is 23.4 Å². The summed E-state index contributed by atoms with van der Waals surface area (Å²) >= 11 is 5.98. The maximum atomic E-state index is 13.2. The molecule has 0 radical (unpaired) electrons. The number of carbonyl (C=O) groups excluding carboxylic acids is 2. The van der Waals surface area contributed by atoms with Gasteiger partial charge < -0.3 is 19.9 Å². The third kappa shape index (κ3) is 4.96. The van der Waals surface area contributed by atoms with Crippen molar-refractivity contribution in [1.29, 1.82) is 0 Å². The number of nitrogens with one attached hydrogen (secondary N) is 1. The molecule has 0 unspecified atom stereocenters. The smallest absolute Gasteiger partial charge is 0.276 e. The molecular weight excluding hydrogens is 456 g/mol. The van der Waals surface area contributed by atoms with Gasteiger partial charge in [-0.25, -0.2) is 4.68 Å². The molecule has 2 saturated heterocycles. The Balaban J connectivity index is 1.15. The van der Waals surface area contributed by atoms with E-state index < -0.39 is 0 Å². The molecule has 3 aliphatic heterocycles. The van der Waals surface area contributed by atoms with Crippen LogP contribution in [0.3, 0.4) is 0 Å². The van der Waals surface area contributed by atoms with E-state index in [-0.39, 0.29) is 36.5 Å². The van der Waals surface area contributed by atoms with Crippen molar-refractivity contribution in [1.82, 2.24) is 30.1 Å². The number of benzene rings is 1. The van der Waals surface area contributed by atoms with Gasteiger partial charge in [-0.3, -0.25) is 9.59 Å². The standard InChI is InChI=1S/C24H31ClN6O3/c1-29-10-8-19(9-11-29)26-23(32)17-6-12-30(13-7-17)24(33)22-20-15-34-21(14-31(20)28-27-22)16-2-4-18(25)5-3-16/h2-5,17,19,21H,6-15H2,1H3,(H,26,32)/t21-/m0/s1. The first-order valence-electron chi connectivity index (χ1n) is 12.1. The molecule has 2 aromatic rings. The Labute approximate surface area is 204 Å². The van der Waals surface area contributed by atoms with Gasteiger partial charge in [-0.05, 0) is 63.5 Å². The summed E-state index contributed by atoms with van der Waals surface area (Å²) in [5.74, 6) is -0.0468. The summed E-state index contributed by atoms with van der Waals surface area (Å²) in [5.41, 5.74) is 2.07. The molecule has 1 aromatic carbocycles. The van der Waals surface area contributed by atoms with Crippen LogP contribution in [0.2, 0.25) is 5.02 Å². The minimum Gasteiger partial charge on any atom is -0.365 e. The molecule has 0 bridgehead atoms. The first-order chi connectivity index (χ1) is 16.5. The fourth-order valence-corrected chi connectivity index (χ4v) is 5.15. The van der Waals surface area contributed by atoms with Crippen molar-refractivity contribution in [2.24, 2.45) is 5.92 Å². The first-order valence-corrected chi connectivity index (χ1v) is 12.4. The summed E-state index contributed by atoms with van der Waals surface area (Å²) < 4.78 is 7.79. The Morgan fingerprint density at radius 2 is 1.76 bits per heavy atom. The molecule has 182 valence electrons. The van der Waals surface area contributed by atoms with Crippen molar-refractivity contribution in [3.63, 3.8) is 0 Å². The molecule has 1 N–H and O–H groups in total. The van der Waals surface area contributed by atoms with Crippen LogP contribution in [0.5, 0.6) is 0 Å². The van der Waals surface area contributed by atoms with E-state index in [9.17, 15) is 9.59 Å². The van der Waals surface area contributed by atoms with Gasteiger partial charge in [0, 0.05) is 30.1 Å². The maximum absolute atomic E-state index is 13.2. The molecule has 9 nitrogen and oxygen atoms in total. The highest BCUT2D eigenvalue weighted by Gasteiger charge is 2.33. The number of ether oxygens (including phenoxy) is 1. The minimum absolute atomic E-state index is 0.0405. The van der Waals surface area contributed by atoms with Crippen LogP contribution < -0.4 is 5.32 Å². The third-order valence-electron chi connectivity index (χ3n) is 7.26. The van der Waals surface area contributed by atoms with E-state index in [0.717, 1.165) is 31.5 Å². The lowest BCUT2D eigenvalue weighted by Crippen LogP contribution is -2.48. The van der Waals surface area contributed by atoms with Gasteiger partial charge in [-0.15, -0.1) is 5.10 Å². The largest absolute Gasteiger partial charge is 0.365 e. The van der Waals surface area contributed by atoms with E-state index >= 15 is 0 Å². The second-order valence-electron chi connectivity index (χ2n) is 9.57. The van der Waals surface area contributed by atoms with Crippen molar-refractivity contribution in [3.8, 4) is 0 Å². The minimum atomic E-state index is -0.159. The zero-order chi connectivity index (χ0) is 23.7. The van der Waals surface area contributed by atoms with E-state index in [4.69, 9.17) is 16.3 Å². The molecular formula is C24H31ClN6O3. The average molecular weight is 487 g/mol. The number of carbonyl (C=O) groups is 2. The first kappa shape index (κ1) is 23.3. The van der Waals surface area contributed by atoms with Gasteiger partial charge in [0.2, 0.25) is 5.91 Å². The highest BCUT2D eigenvalue weighted by Crippen LogP contribution is 2.29. The molecule has 0 saturated carbocycles. The highest BCUT2D eigenvalue weighted by atomic mass is 35.5. The molecule has 34 heavy (non-hydrogen) atoms. The second kappa shape index (κ2) is 10.0. The van der Waals surface area contributed by atoms with Gasteiger partial charge in [-0.2, -0.15) is 0 Å². The van der Waals surface area contributed by atoms with Crippen LogP contribution >= 0.6 is 11.6 Å². The topological polar surface area (TPSA) is 92.6 Å². The van der Waals surface area contributed by atoms with Crippen LogP contribution in [0.1, 0.15) is 53.5 Å². The van der Waals surface area contributed by atoms with Gasteiger partial charge in [0.05, 0.1) is 18.8 Å². The second-order valence-corrected chi connectivity index (χ2v) is 10.0. The number of hydrogen-bond donors (Lipinski definition) is 1. The number of piperidine rings is 2. The fraction of sp³-hybridized carbons (Fsp3) is 0.583.